The lowest BCUT2D eigenvalue weighted by molar-refractivity contribution is 0.200. The van der Waals surface area contributed by atoms with Gasteiger partial charge in [-0.25, -0.2) is 18.0 Å². The maximum Gasteiger partial charge on any atom is 0.319 e. The number of hydrogen-bond donors (Lipinski definition) is 3. The zero-order valence-electron chi connectivity index (χ0n) is 12.5. The molecular formula is C16H15F3N2O3. The van der Waals surface area contributed by atoms with E-state index in [0.29, 0.717) is 17.4 Å². The van der Waals surface area contributed by atoms with Crippen LogP contribution in [0.5, 0.6) is 5.75 Å². The number of halogens is 3. The minimum Gasteiger partial charge on any atom is -0.491 e. The Kier molecular flexibility index (Phi) is 6.02. The molecule has 0 aliphatic heterocycles. The zero-order valence-corrected chi connectivity index (χ0v) is 12.5. The lowest BCUT2D eigenvalue weighted by Gasteiger charge is -2.12. The summed E-state index contributed by atoms with van der Waals surface area (Å²) in [7, 11) is 0. The third-order valence-corrected chi connectivity index (χ3v) is 3.04. The second kappa shape index (κ2) is 8.21. The molecule has 0 heterocycles. The molecule has 3 N–H and O–H groups in total. The maximum atomic E-state index is 13.5. The maximum absolute atomic E-state index is 13.5. The fraction of sp³-hybridized carbons (Fsp3) is 0.188. The minimum absolute atomic E-state index is 0.0543. The van der Waals surface area contributed by atoms with Crippen LogP contribution in [0.3, 0.4) is 0 Å². The number of amides is 2. The summed E-state index contributed by atoms with van der Waals surface area (Å²) >= 11 is 0. The number of carbonyl (C=O) groups excluding carboxylic acids is 1. The van der Waals surface area contributed by atoms with Gasteiger partial charge in [0.25, 0.3) is 0 Å². The Balaban J connectivity index is 1.98. The molecule has 0 radical (unpaired) electrons. The van der Waals surface area contributed by atoms with Crippen LogP contribution in [0, 0.1) is 17.5 Å². The monoisotopic (exact) mass is 340 g/mol. The average molecular weight is 340 g/mol. The van der Waals surface area contributed by atoms with E-state index in [1.54, 1.807) is 24.3 Å². The smallest absolute Gasteiger partial charge is 0.319 e. The second-order valence-electron chi connectivity index (χ2n) is 4.71. The molecule has 0 spiro atoms. The van der Waals surface area contributed by atoms with E-state index in [0.717, 1.165) is 6.07 Å². The number of benzene rings is 2. The van der Waals surface area contributed by atoms with Crippen LogP contribution in [-0.2, 0) is 6.54 Å². The van der Waals surface area contributed by atoms with Crippen LogP contribution in [0.15, 0.2) is 36.4 Å². The van der Waals surface area contributed by atoms with Crippen molar-refractivity contribution in [3.8, 4) is 5.75 Å². The molecule has 0 atom stereocenters. The number of rotatable bonds is 6. The van der Waals surface area contributed by atoms with Gasteiger partial charge in [0.05, 0.1) is 12.3 Å². The summed E-state index contributed by atoms with van der Waals surface area (Å²) in [5.41, 5.74) is 0.156. The highest BCUT2D eigenvalue weighted by Gasteiger charge is 2.15. The Morgan fingerprint density at radius 3 is 2.58 bits per heavy atom. The fourth-order valence-corrected chi connectivity index (χ4v) is 1.91. The van der Waals surface area contributed by atoms with Gasteiger partial charge < -0.3 is 20.5 Å². The van der Waals surface area contributed by atoms with Crippen LogP contribution in [-0.4, -0.2) is 24.4 Å². The number of ether oxygens (including phenoxy) is 1. The number of para-hydroxylation sites is 1. The molecule has 2 rings (SSSR count). The number of aliphatic hydroxyl groups is 1. The standard InChI is InChI=1S/C16H15F3N2O3/c17-11-5-6-12(15(19)14(11)18)21-16(23)20-9-10-3-1-2-4-13(10)24-8-7-22/h1-6,22H,7-9H2,(H2,20,21,23). The lowest BCUT2D eigenvalue weighted by Crippen LogP contribution is -2.29. The number of urea groups is 1. The molecule has 0 unspecified atom stereocenters. The summed E-state index contributed by atoms with van der Waals surface area (Å²) < 4.78 is 44.7. The van der Waals surface area contributed by atoms with Crippen LogP contribution < -0.4 is 15.4 Å². The van der Waals surface area contributed by atoms with Gasteiger partial charge in [-0.05, 0) is 18.2 Å². The van der Waals surface area contributed by atoms with Crippen molar-refractivity contribution in [2.75, 3.05) is 18.5 Å². The first-order valence-electron chi connectivity index (χ1n) is 7.03. The fourth-order valence-electron chi connectivity index (χ4n) is 1.91. The van der Waals surface area contributed by atoms with E-state index in [1.165, 1.54) is 0 Å². The molecule has 128 valence electrons. The Morgan fingerprint density at radius 2 is 1.83 bits per heavy atom. The van der Waals surface area contributed by atoms with Crippen molar-refractivity contribution in [2.45, 2.75) is 6.54 Å². The van der Waals surface area contributed by atoms with Gasteiger partial charge in [0, 0.05) is 12.1 Å². The summed E-state index contributed by atoms with van der Waals surface area (Å²) in [6.45, 7) is -0.000332. The van der Waals surface area contributed by atoms with E-state index < -0.39 is 29.2 Å². The number of aliphatic hydroxyl groups excluding tert-OH is 1. The Hall–Kier alpha value is -2.74. The third-order valence-electron chi connectivity index (χ3n) is 3.04. The molecule has 2 aromatic rings. The Labute approximate surface area is 136 Å². The first-order chi connectivity index (χ1) is 11.5. The summed E-state index contributed by atoms with van der Waals surface area (Å²) in [5.74, 6) is -3.99. The molecular weight excluding hydrogens is 325 g/mol. The zero-order chi connectivity index (χ0) is 17.5. The van der Waals surface area contributed by atoms with Crippen molar-refractivity contribution in [3.63, 3.8) is 0 Å². The van der Waals surface area contributed by atoms with Crippen LogP contribution in [0.1, 0.15) is 5.56 Å². The van der Waals surface area contributed by atoms with E-state index in [1.807, 2.05) is 0 Å². The average Bonchev–Trinajstić information content (AvgIpc) is 2.59. The van der Waals surface area contributed by atoms with Crippen molar-refractivity contribution >= 4 is 11.7 Å². The van der Waals surface area contributed by atoms with Crippen molar-refractivity contribution in [1.29, 1.82) is 0 Å². The molecule has 0 aliphatic carbocycles. The SMILES string of the molecule is O=C(NCc1ccccc1OCCO)Nc1ccc(F)c(F)c1F. The van der Waals surface area contributed by atoms with Crippen molar-refractivity contribution < 1.29 is 27.8 Å². The number of carbonyl (C=O) groups is 1. The topological polar surface area (TPSA) is 70.6 Å². The predicted octanol–water partition coefficient (Wildman–Crippen LogP) is 2.80. The second-order valence-corrected chi connectivity index (χ2v) is 4.71. The van der Waals surface area contributed by atoms with E-state index in [-0.39, 0.29) is 19.8 Å². The van der Waals surface area contributed by atoms with E-state index in [9.17, 15) is 18.0 Å². The molecule has 0 fully saturated rings. The van der Waals surface area contributed by atoms with Crippen LogP contribution in [0.25, 0.3) is 0 Å². The quantitative estimate of drug-likeness (QED) is 0.708. The van der Waals surface area contributed by atoms with Crippen LogP contribution in [0.4, 0.5) is 23.7 Å². The van der Waals surface area contributed by atoms with Gasteiger partial charge >= 0.3 is 6.03 Å². The van der Waals surface area contributed by atoms with Gasteiger partial charge in [0.1, 0.15) is 12.4 Å². The normalized spacial score (nSPS) is 10.3. The summed E-state index contributed by atoms with van der Waals surface area (Å²) in [6.07, 6.45) is 0. The largest absolute Gasteiger partial charge is 0.491 e. The molecule has 2 aromatic carbocycles. The summed E-state index contributed by atoms with van der Waals surface area (Å²) in [6, 6.07) is 7.67. The molecule has 0 bridgehead atoms. The Morgan fingerprint density at radius 1 is 1.08 bits per heavy atom. The van der Waals surface area contributed by atoms with Gasteiger partial charge in [-0.2, -0.15) is 0 Å². The molecule has 0 saturated heterocycles. The van der Waals surface area contributed by atoms with Gasteiger partial charge in [-0.3, -0.25) is 0 Å². The van der Waals surface area contributed by atoms with E-state index in [2.05, 4.69) is 10.6 Å². The van der Waals surface area contributed by atoms with Gasteiger partial charge in [-0.1, -0.05) is 18.2 Å². The number of hydrogen-bond acceptors (Lipinski definition) is 3. The Bertz CT molecular complexity index is 726. The highest BCUT2D eigenvalue weighted by molar-refractivity contribution is 5.89. The van der Waals surface area contributed by atoms with Gasteiger partial charge in [0.15, 0.2) is 17.5 Å². The molecule has 24 heavy (non-hydrogen) atoms. The highest BCUT2D eigenvalue weighted by Crippen LogP contribution is 2.20. The molecule has 0 saturated carbocycles. The third kappa shape index (κ3) is 4.39. The predicted molar refractivity (Wildman–Crippen MR) is 81.2 cm³/mol. The minimum atomic E-state index is -1.66. The van der Waals surface area contributed by atoms with Crippen LogP contribution >= 0.6 is 0 Å². The van der Waals surface area contributed by atoms with Gasteiger partial charge in [0.2, 0.25) is 0 Å². The molecule has 8 heteroatoms. The number of nitrogens with one attached hydrogen (secondary N) is 2. The molecule has 0 aliphatic rings. The summed E-state index contributed by atoms with van der Waals surface area (Å²) in [4.78, 5) is 11.8. The van der Waals surface area contributed by atoms with E-state index >= 15 is 0 Å². The van der Waals surface area contributed by atoms with Crippen LogP contribution in [0.2, 0.25) is 0 Å². The highest BCUT2D eigenvalue weighted by atomic mass is 19.2. The van der Waals surface area contributed by atoms with Crippen molar-refractivity contribution in [2.24, 2.45) is 0 Å². The number of anilines is 1. The summed E-state index contributed by atoms with van der Waals surface area (Å²) in [5, 5.41) is 13.3. The van der Waals surface area contributed by atoms with Gasteiger partial charge in [-0.15, -0.1) is 0 Å². The molecule has 5 nitrogen and oxygen atoms in total. The first-order valence-corrected chi connectivity index (χ1v) is 7.03. The van der Waals surface area contributed by atoms with Crippen molar-refractivity contribution in [1.82, 2.24) is 5.32 Å². The van der Waals surface area contributed by atoms with E-state index in [4.69, 9.17) is 9.84 Å². The van der Waals surface area contributed by atoms with Crippen molar-refractivity contribution in [3.05, 3.63) is 59.4 Å². The lowest BCUT2D eigenvalue weighted by atomic mass is 10.2. The molecule has 0 aromatic heterocycles. The first kappa shape index (κ1) is 17.6. The molecule has 2 amide bonds.